The van der Waals surface area contributed by atoms with Crippen molar-refractivity contribution < 1.29 is 14.3 Å². The van der Waals surface area contributed by atoms with E-state index in [1.54, 1.807) is 37.3 Å². The van der Waals surface area contributed by atoms with Crippen molar-refractivity contribution in [3.8, 4) is 5.75 Å². The number of nitrogens with one attached hydrogen (secondary N) is 1. The Morgan fingerprint density at radius 2 is 1.82 bits per heavy atom. The van der Waals surface area contributed by atoms with Gasteiger partial charge in [-0.1, -0.05) is 35.9 Å². The smallest absolute Gasteiger partial charge is 0.255 e. The van der Waals surface area contributed by atoms with E-state index in [1.165, 1.54) is 0 Å². The Bertz CT molecular complexity index is 823. The molecule has 1 atom stereocenters. The maximum Gasteiger partial charge on any atom is 0.255 e. The number of amides is 2. The molecule has 1 aliphatic rings. The van der Waals surface area contributed by atoms with E-state index in [0.29, 0.717) is 22.9 Å². The van der Waals surface area contributed by atoms with Gasteiger partial charge in [-0.15, -0.1) is 0 Å². The number of carbonyl (C=O) groups is 2. The maximum absolute atomic E-state index is 12.7. The molecule has 0 bridgehead atoms. The molecule has 0 radical (unpaired) electrons. The lowest BCUT2D eigenvalue weighted by atomic mass is 10.1. The molecule has 1 fully saturated rings. The van der Waals surface area contributed by atoms with Crippen molar-refractivity contribution in [3.63, 3.8) is 0 Å². The van der Waals surface area contributed by atoms with Gasteiger partial charge >= 0.3 is 0 Å². The summed E-state index contributed by atoms with van der Waals surface area (Å²) in [5.41, 5.74) is 1.36. The number of benzene rings is 2. The number of nitrogens with zero attached hydrogens (tertiary/aromatic N) is 1. The third-order valence-corrected chi connectivity index (χ3v) is 5.67. The summed E-state index contributed by atoms with van der Waals surface area (Å²) < 4.78 is 5.84. The lowest BCUT2D eigenvalue weighted by Crippen LogP contribution is -2.49. The lowest BCUT2D eigenvalue weighted by Gasteiger charge is -2.29. The fourth-order valence-corrected chi connectivity index (χ4v) is 3.94. The number of hydrogen-bond donors (Lipinski definition) is 1. The van der Waals surface area contributed by atoms with Gasteiger partial charge in [0.25, 0.3) is 5.91 Å². The molecule has 7 heteroatoms. The zero-order valence-electron chi connectivity index (χ0n) is 15.7. The van der Waals surface area contributed by atoms with Crippen LogP contribution in [0.25, 0.3) is 0 Å². The number of halogens is 1. The van der Waals surface area contributed by atoms with E-state index in [2.05, 4.69) is 5.32 Å². The Morgan fingerprint density at radius 1 is 1.14 bits per heavy atom. The van der Waals surface area contributed by atoms with E-state index >= 15 is 0 Å². The molecule has 2 aromatic carbocycles. The normalized spacial score (nSPS) is 15.0. The quantitative estimate of drug-likeness (QED) is 0.778. The summed E-state index contributed by atoms with van der Waals surface area (Å²) in [6.45, 7) is 3.50. The summed E-state index contributed by atoms with van der Waals surface area (Å²) >= 11 is 7.74. The van der Waals surface area contributed by atoms with Crippen molar-refractivity contribution in [2.75, 3.05) is 24.6 Å². The summed E-state index contributed by atoms with van der Waals surface area (Å²) in [7, 11) is 0. The first-order valence-corrected chi connectivity index (χ1v) is 10.7. The first-order chi connectivity index (χ1) is 13.5. The lowest BCUT2D eigenvalue weighted by molar-refractivity contribution is -0.132. The van der Waals surface area contributed by atoms with Crippen molar-refractivity contribution in [1.29, 1.82) is 0 Å². The number of rotatable bonds is 6. The molecule has 1 saturated heterocycles. The monoisotopic (exact) mass is 418 g/mol. The zero-order chi connectivity index (χ0) is 19.9. The highest BCUT2D eigenvalue weighted by Gasteiger charge is 2.24. The van der Waals surface area contributed by atoms with Crippen LogP contribution in [0.2, 0.25) is 5.02 Å². The number of carbonyl (C=O) groups excluding carboxylic acids is 2. The maximum atomic E-state index is 12.7. The summed E-state index contributed by atoms with van der Waals surface area (Å²) in [6.07, 6.45) is 0. The van der Waals surface area contributed by atoms with Crippen LogP contribution in [-0.4, -0.2) is 47.4 Å². The molecule has 1 N–H and O–H groups in total. The van der Waals surface area contributed by atoms with Crippen LogP contribution in [0, 0.1) is 0 Å². The van der Waals surface area contributed by atoms with E-state index in [1.807, 2.05) is 34.9 Å². The van der Waals surface area contributed by atoms with Gasteiger partial charge in [0.1, 0.15) is 18.4 Å². The average molecular weight is 419 g/mol. The van der Waals surface area contributed by atoms with Crippen LogP contribution >= 0.6 is 23.4 Å². The fraction of sp³-hybridized carbons (Fsp3) is 0.333. The van der Waals surface area contributed by atoms with Gasteiger partial charge in [-0.05, 0) is 36.8 Å². The second kappa shape index (κ2) is 9.85. The number of para-hydroxylation sites is 1. The molecule has 1 unspecified atom stereocenters. The standard InChI is InChI=1S/C21H23ClN2O3S/c1-15(21(26)24-10-12-28-13-11-24)23-20(25)18-4-2-3-5-19(18)27-14-16-6-8-17(22)9-7-16/h2-9,15H,10-14H2,1H3,(H,23,25). The molecule has 1 aliphatic heterocycles. The van der Waals surface area contributed by atoms with E-state index < -0.39 is 6.04 Å². The molecule has 0 spiro atoms. The van der Waals surface area contributed by atoms with Crippen molar-refractivity contribution in [1.82, 2.24) is 10.2 Å². The Kier molecular flexibility index (Phi) is 7.23. The van der Waals surface area contributed by atoms with Gasteiger partial charge in [0.2, 0.25) is 5.91 Å². The third kappa shape index (κ3) is 5.42. The van der Waals surface area contributed by atoms with Gasteiger partial charge in [-0.25, -0.2) is 0 Å². The van der Waals surface area contributed by atoms with E-state index in [0.717, 1.165) is 30.2 Å². The molecule has 0 aromatic heterocycles. The van der Waals surface area contributed by atoms with Crippen molar-refractivity contribution in [2.45, 2.75) is 19.6 Å². The van der Waals surface area contributed by atoms with Crippen LogP contribution in [0.4, 0.5) is 0 Å². The van der Waals surface area contributed by atoms with Crippen molar-refractivity contribution in [3.05, 3.63) is 64.7 Å². The van der Waals surface area contributed by atoms with Crippen LogP contribution in [0.5, 0.6) is 5.75 Å². The largest absolute Gasteiger partial charge is 0.488 e. The summed E-state index contributed by atoms with van der Waals surface area (Å²) in [5, 5.41) is 3.47. The SMILES string of the molecule is CC(NC(=O)c1ccccc1OCc1ccc(Cl)cc1)C(=O)N1CCSCC1. The molecule has 1 heterocycles. The topological polar surface area (TPSA) is 58.6 Å². The highest BCUT2D eigenvalue weighted by molar-refractivity contribution is 7.99. The molecular weight excluding hydrogens is 396 g/mol. The van der Waals surface area contributed by atoms with Gasteiger partial charge in [0, 0.05) is 29.6 Å². The van der Waals surface area contributed by atoms with Gasteiger partial charge in [-0.2, -0.15) is 11.8 Å². The number of hydrogen-bond acceptors (Lipinski definition) is 4. The second-order valence-corrected chi connectivity index (χ2v) is 8.21. The highest BCUT2D eigenvalue weighted by Crippen LogP contribution is 2.20. The predicted molar refractivity (Wildman–Crippen MR) is 113 cm³/mol. The second-order valence-electron chi connectivity index (χ2n) is 6.54. The van der Waals surface area contributed by atoms with Gasteiger partial charge in [-0.3, -0.25) is 9.59 Å². The highest BCUT2D eigenvalue weighted by atomic mass is 35.5. The average Bonchev–Trinajstić information content (AvgIpc) is 2.73. The molecular formula is C21H23ClN2O3S. The minimum Gasteiger partial charge on any atom is -0.488 e. The molecule has 2 aromatic rings. The third-order valence-electron chi connectivity index (χ3n) is 4.48. The Morgan fingerprint density at radius 3 is 2.54 bits per heavy atom. The molecule has 0 saturated carbocycles. The minimum absolute atomic E-state index is 0.0480. The van der Waals surface area contributed by atoms with Gasteiger partial charge in [0.05, 0.1) is 5.56 Å². The summed E-state index contributed by atoms with van der Waals surface area (Å²) in [4.78, 5) is 27.1. The molecule has 3 rings (SSSR count). The van der Waals surface area contributed by atoms with Crippen molar-refractivity contribution >= 4 is 35.2 Å². The van der Waals surface area contributed by atoms with E-state index in [4.69, 9.17) is 16.3 Å². The van der Waals surface area contributed by atoms with E-state index in [-0.39, 0.29) is 11.8 Å². The molecule has 5 nitrogen and oxygen atoms in total. The molecule has 2 amide bonds. The first kappa shape index (κ1) is 20.6. The first-order valence-electron chi connectivity index (χ1n) is 9.18. The zero-order valence-corrected chi connectivity index (χ0v) is 17.3. The van der Waals surface area contributed by atoms with Crippen molar-refractivity contribution in [2.24, 2.45) is 0 Å². The molecule has 28 heavy (non-hydrogen) atoms. The molecule has 148 valence electrons. The minimum atomic E-state index is -0.583. The van der Waals surface area contributed by atoms with Crippen LogP contribution in [0.3, 0.4) is 0 Å². The molecule has 0 aliphatic carbocycles. The van der Waals surface area contributed by atoms with Crippen LogP contribution < -0.4 is 10.1 Å². The predicted octanol–water partition coefficient (Wildman–Crippen LogP) is 3.61. The van der Waals surface area contributed by atoms with Crippen LogP contribution in [-0.2, 0) is 11.4 Å². The number of thioether (sulfide) groups is 1. The Hall–Kier alpha value is -2.18. The van der Waals surface area contributed by atoms with E-state index in [9.17, 15) is 9.59 Å². The van der Waals surface area contributed by atoms with Gasteiger partial charge in [0.15, 0.2) is 0 Å². The van der Waals surface area contributed by atoms with Crippen LogP contribution in [0.1, 0.15) is 22.8 Å². The Balaban J connectivity index is 1.63. The summed E-state index contributed by atoms with van der Waals surface area (Å²) in [5.74, 6) is 1.98. The van der Waals surface area contributed by atoms with Crippen LogP contribution in [0.15, 0.2) is 48.5 Å². The Labute approximate surface area is 174 Å². The number of ether oxygens (including phenoxy) is 1. The van der Waals surface area contributed by atoms with Gasteiger partial charge < -0.3 is 15.0 Å². The fourth-order valence-electron chi connectivity index (χ4n) is 2.92. The summed E-state index contributed by atoms with van der Waals surface area (Å²) in [6, 6.07) is 13.8.